The molecule has 2 heterocycles. The highest BCUT2D eigenvalue weighted by Gasteiger charge is 2.28. The van der Waals surface area contributed by atoms with E-state index in [0.717, 1.165) is 11.3 Å². The molecule has 14 heteroatoms. The van der Waals surface area contributed by atoms with Crippen molar-refractivity contribution in [3.63, 3.8) is 0 Å². The van der Waals surface area contributed by atoms with Crippen LogP contribution in [0.2, 0.25) is 5.02 Å². The third-order valence-corrected chi connectivity index (χ3v) is 9.31. The van der Waals surface area contributed by atoms with E-state index in [0.29, 0.717) is 104 Å². The second-order valence-electron chi connectivity index (χ2n) is 12.4. The molecule has 4 aromatic carbocycles. The maximum Gasteiger partial charge on any atom is 0.255 e. The minimum Gasteiger partial charge on any atom is -0.493 e. The second-order valence-corrected chi connectivity index (χ2v) is 12.8. The van der Waals surface area contributed by atoms with Crippen LogP contribution in [-0.2, 0) is 0 Å². The quantitative estimate of drug-likeness (QED) is 0.107. The molecule has 5 aromatic rings. The first-order valence-corrected chi connectivity index (χ1v) is 17.1. The molecule has 1 aromatic heterocycles. The summed E-state index contributed by atoms with van der Waals surface area (Å²) >= 11 is 6.07. The average molecular weight is 754 g/mol. The summed E-state index contributed by atoms with van der Waals surface area (Å²) in [4.78, 5) is 24.4. The molecule has 2 atom stereocenters. The molecule has 0 bridgehead atoms. The fourth-order valence-corrected chi connectivity index (χ4v) is 6.45. The van der Waals surface area contributed by atoms with Gasteiger partial charge in [0.1, 0.15) is 17.6 Å². The molecule has 1 amide bonds. The van der Waals surface area contributed by atoms with Gasteiger partial charge in [0.25, 0.3) is 5.91 Å². The fourth-order valence-electron chi connectivity index (χ4n) is 6.28. The number of carbonyl (C=O) groups excluding carboxylic acids is 2. The minimum atomic E-state index is -0.457. The summed E-state index contributed by atoms with van der Waals surface area (Å²) in [6.45, 7) is 0.393. The number of methoxy groups -OCH3 is 5. The molecule has 278 valence electrons. The molecule has 0 spiro atoms. The van der Waals surface area contributed by atoms with Crippen molar-refractivity contribution in [2.24, 2.45) is 5.92 Å². The number of nitrogens with zero attached hydrogens (tertiary/aromatic N) is 1. The number of aromatic nitrogens is 1. The number of aldehydes is 1. The van der Waals surface area contributed by atoms with Gasteiger partial charge >= 0.3 is 0 Å². The van der Waals surface area contributed by atoms with E-state index in [1.165, 1.54) is 14.2 Å². The van der Waals surface area contributed by atoms with E-state index < -0.39 is 6.17 Å². The van der Waals surface area contributed by atoms with Crippen molar-refractivity contribution in [1.82, 2.24) is 10.5 Å². The summed E-state index contributed by atoms with van der Waals surface area (Å²) in [5.41, 5.74) is 4.03. The Morgan fingerprint density at radius 2 is 1.50 bits per heavy atom. The highest BCUT2D eigenvalue weighted by molar-refractivity contribution is 6.31. The van der Waals surface area contributed by atoms with Crippen molar-refractivity contribution in [2.45, 2.75) is 12.6 Å². The zero-order valence-corrected chi connectivity index (χ0v) is 30.7. The predicted octanol–water partition coefficient (Wildman–Crippen LogP) is 7.73. The standard InChI is InChI=1S/C40H36ClN3O10/c1-47-33-13-22(39-42-29-8-7-26(41)17-28(29)40(46)43-39)6-9-31(33)52-20-21-10-27(11-21)53-38-35(49-3)15-24(16-36(38)50-4)32-18-30(44-54-32)23-12-25(19-45)37(51-5)34(14-23)48-2/h6-10,12-19,21,39,42H,11,20H2,1-5H3,(H,43,46). The van der Waals surface area contributed by atoms with Crippen LogP contribution in [0.15, 0.2) is 83.1 Å². The van der Waals surface area contributed by atoms with Gasteiger partial charge in [-0.1, -0.05) is 22.8 Å². The van der Waals surface area contributed by atoms with Crippen LogP contribution in [0.1, 0.15) is 38.9 Å². The normalized spacial score (nSPS) is 15.7. The number of anilines is 1. The van der Waals surface area contributed by atoms with Gasteiger partial charge in [-0.05, 0) is 66.2 Å². The van der Waals surface area contributed by atoms with Crippen LogP contribution in [0.4, 0.5) is 5.69 Å². The molecule has 54 heavy (non-hydrogen) atoms. The van der Waals surface area contributed by atoms with Gasteiger partial charge in [0, 0.05) is 40.2 Å². The van der Waals surface area contributed by atoms with E-state index in [1.807, 2.05) is 24.3 Å². The lowest BCUT2D eigenvalue weighted by Crippen LogP contribution is -2.38. The molecule has 7 rings (SSSR count). The van der Waals surface area contributed by atoms with E-state index in [9.17, 15) is 9.59 Å². The van der Waals surface area contributed by atoms with Crippen LogP contribution in [0.25, 0.3) is 22.6 Å². The first kappa shape index (κ1) is 36.0. The zero-order chi connectivity index (χ0) is 37.9. The van der Waals surface area contributed by atoms with Crippen LogP contribution < -0.4 is 43.8 Å². The number of hydrogen-bond acceptors (Lipinski definition) is 12. The lowest BCUT2D eigenvalue weighted by atomic mass is 9.94. The molecule has 13 nitrogen and oxygen atoms in total. The summed E-state index contributed by atoms with van der Waals surface area (Å²) < 4.78 is 45.9. The number of halogens is 1. The van der Waals surface area contributed by atoms with Crippen molar-refractivity contribution < 1.29 is 47.3 Å². The molecule has 2 unspecified atom stereocenters. The Labute approximate surface area is 315 Å². The van der Waals surface area contributed by atoms with Crippen molar-refractivity contribution in [1.29, 1.82) is 0 Å². The monoisotopic (exact) mass is 753 g/mol. The van der Waals surface area contributed by atoms with E-state index in [2.05, 4.69) is 15.8 Å². The lowest BCUT2D eigenvalue weighted by Gasteiger charge is -2.29. The Morgan fingerprint density at radius 1 is 0.796 bits per heavy atom. The highest BCUT2D eigenvalue weighted by Crippen LogP contribution is 2.45. The first-order valence-electron chi connectivity index (χ1n) is 16.8. The van der Waals surface area contributed by atoms with Gasteiger partial charge < -0.3 is 48.3 Å². The van der Waals surface area contributed by atoms with Gasteiger partial charge in [-0.2, -0.15) is 0 Å². The summed E-state index contributed by atoms with van der Waals surface area (Å²) in [6, 6.07) is 19.3. The van der Waals surface area contributed by atoms with E-state index in [1.54, 1.807) is 69.9 Å². The molecule has 0 fully saturated rings. The topological polar surface area (TPSA) is 149 Å². The fraction of sp³-hybridized carbons (Fsp3) is 0.225. The molecule has 0 saturated heterocycles. The molecular weight excluding hydrogens is 718 g/mol. The number of carbonyl (C=O) groups is 2. The van der Waals surface area contributed by atoms with Crippen LogP contribution in [0.5, 0.6) is 40.2 Å². The number of amides is 1. The third kappa shape index (κ3) is 7.05. The van der Waals surface area contributed by atoms with Gasteiger partial charge in [-0.25, -0.2) is 0 Å². The van der Waals surface area contributed by atoms with Gasteiger partial charge in [0.05, 0.1) is 53.3 Å². The SMILES string of the molecule is COc1cc(C2NC(=O)c3cc(Cl)ccc3N2)ccc1OCC1C=C(Oc2c(OC)cc(-c3cc(-c4cc(C=O)c(OC)c(OC)c4)no3)cc2OC)C1. The Bertz CT molecular complexity index is 2240. The maximum atomic E-state index is 12.7. The summed E-state index contributed by atoms with van der Waals surface area (Å²) in [5.74, 6) is 4.15. The second kappa shape index (κ2) is 15.3. The van der Waals surface area contributed by atoms with Crippen molar-refractivity contribution in [2.75, 3.05) is 47.5 Å². The number of fused-ring (bicyclic) bond motifs is 1. The van der Waals surface area contributed by atoms with Crippen molar-refractivity contribution >= 4 is 29.5 Å². The first-order chi connectivity index (χ1) is 26.2. The van der Waals surface area contributed by atoms with E-state index >= 15 is 0 Å². The molecule has 1 aliphatic carbocycles. The smallest absolute Gasteiger partial charge is 0.255 e. The number of ether oxygens (including phenoxy) is 7. The van der Waals surface area contributed by atoms with Gasteiger partial charge in [-0.15, -0.1) is 0 Å². The Kier molecular flexibility index (Phi) is 10.2. The molecule has 2 aliphatic rings. The average Bonchev–Trinajstić information content (AvgIpc) is 3.68. The van der Waals surface area contributed by atoms with E-state index in [-0.39, 0.29) is 11.8 Å². The number of allylic oxidation sites excluding steroid dienone is 1. The van der Waals surface area contributed by atoms with Gasteiger partial charge in [-0.3, -0.25) is 9.59 Å². The van der Waals surface area contributed by atoms with Crippen LogP contribution in [-0.4, -0.2) is 59.5 Å². The van der Waals surface area contributed by atoms with Crippen LogP contribution >= 0.6 is 11.6 Å². The highest BCUT2D eigenvalue weighted by atomic mass is 35.5. The summed E-state index contributed by atoms with van der Waals surface area (Å²) in [6.07, 6.45) is 2.84. The Hall–Kier alpha value is -6.34. The number of rotatable bonds is 14. The predicted molar refractivity (Wildman–Crippen MR) is 200 cm³/mol. The molecule has 0 radical (unpaired) electrons. The summed E-state index contributed by atoms with van der Waals surface area (Å²) in [7, 11) is 7.62. The van der Waals surface area contributed by atoms with Crippen LogP contribution in [0, 0.1) is 5.92 Å². The zero-order valence-electron chi connectivity index (χ0n) is 30.0. The van der Waals surface area contributed by atoms with Gasteiger partial charge in [0.15, 0.2) is 46.5 Å². The number of nitrogens with one attached hydrogen (secondary N) is 2. The molecule has 1 aliphatic heterocycles. The van der Waals surface area contributed by atoms with Gasteiger partial charge in [0.2, 0.25) is 5.75 Å². The van der Waals surface area contributed by atoms with Crippen LogP contribution in [0.3, 0.4) is 0 Å². The Morgan fingerprint density at radius 3 is 2.19 bits per heavy atom. The Balaban J connectivity index is 1.01. The van der Waals surface area contributed by atoms with E-state index in [4.69, 9.17) is 49.3 Å². The third-order valence-electron chi connectivity index (χ3n) is 9.08. The molecule has 0 saturated carbocycles. The minimum absolute atomic E-state index is 0.0900. The lowest BCUT2D eigenvalue weighted by molar-refractivity contribution is 0.0935. The number of benzene rings is 4. The van der Waals surface area contributed by atoms with Crippen molar-refractivity contribution in [3.05, 3.63) is 100 Å². The largest absolute Gasteiger partial charge is 0.493 e. The number of hydrogen-bond donors (Lipinski definition) is 2. The maximum absolute atomic E-state index is 12.7. The summed E-state index contributed by atoms with van der Waals surface area (Å²) in [5, 5.41) is 11.0. The van der Waals surface area contributed by atoms with Crippen molar-refractivity contribution in [3.8, 4) is 62.8 Å². The molecular formula is C40H36ClN3O10. The molecule has 2 N–H and O–H groups in total.